The number of rotatable bonds is 10. The highest BCUT2D eigenvalue weighted by Crippen LogP contribution is 2.28. The van der Waals surface area contributed by atoms with E-state index in [0.717, 1.165) is 62.3 Å². The Labute approximate surface area is 191 Å². The number of amides is 1. The zero-order valence-electron chi connectivity index (χ0n) is 19.5. The Bertz CT molecular complexity index is 877. The van der Waals surface area contributed by atoms with Gasteiger partial charge in [0.25, 0.3) is 0 Å². The van der Waals surface area contributed by atoms with E-state index in [9.17, 15) is 4.79 Å². The Hall–Kier alpha value is -2.86. The summed E-state index contributed by atoms with van der Waals surface area (Å²) in [6.07, 6.45) is 9.23. The van der Waals surface area contributed by atoms with Crippen LogP contribution in [0, 0.1) is 0 Å². The van der Waals surface area contributed by atoms with Gasteiger partial charge in [0.2, 0.25) is 5.91 Å². The molecule has 32 heavy (non-hydrogen) atoms. The van der Waals surface area contributed by atoms with Crippen molar-refractivity contribution in [2.75, 3.05) is 40.4 Å². The molecule has 2 aromatic rings. The van der Waals surface area contributed by atoms with Gasteiger partial charge in [-0.1, -0.05) is 19.1 Å². The molecule has 3 rings (SSSR count). The lowest BCUT2D eigenvalue weighted by molar-refractivity contribution is -0.127. The average molecular weight is 438 g/mol. The fourth-order valence-corrected chi connectivity index (χ4v) is 3.93. The molecular formula is C26H35N3O3. The van der Waals surface area contributed by atoms with Crippen LogP contribution in [0.25, 0.3) is 6.08 Å². The fourth-order valence-electron chi connectivity index (χ4n) is 3.93. The van der Waals surface area contributed by atoms with E-state index in [-0.39, 0.29) is 11.9 Å². The van der Waals surface area contributed by atoms with Crippen molar-refractivity contribution in [3.63, 3.8) is 0 Å². The van der Waals surface area contributed by atoms with Crippen molar-refractivity contribution >= 4 is 12.0 Å². The minimum Gasteiger partial charge on any atom is -0.493 e. The second-order valence-corrected chi connectivity index (χ2v) is 8.19. The molecule has 1 fully saturated rings. The Kier molecular flexibility index (Phi) is 9.11. The highest BCUT2D eigenvalue weighted by atomic mass is 16.5. The summed E-state index contributed by atoms with van der Waals surface area (Å²) in [4.78, 5) is 21.5. The van der Waals surface area contributed by atoms with E-state index in [1.165, 1.54) is 0 Å². The molecular weight excluding hydrogens is 402 g/mol. The van der Waals surface area contributed by atoms with E-state index in [4.69, 9.17) is 9.47 Å². The van der Waals surface area contributed by atoms with Gasteiger partial charge in [-0.25, -0.2) is 0 Å². The minimum absolute atomic E-state index is 0.0298. The summed E-state index contributed by atoms with van der Waals surface area (Å²) in [6.45, 7) is 5.75. The van der Waals surface area contributed by atoms with E-state index >= 15 is 0 Å². The van der Waals surface area contributed by atoms with Crippen LogP contribution in [0.5, 0.6) is 11.5 Å². The van der Waals surface area contributed by atoms with E-state index < -0.39 is 0 Å². The van der Waals surface area contributed by atoms with E-state index in [2.05, 4.69) is 22.9 Å². The molecule has 1 amide bonds. The van der Waals surface area contributed by atoms with Gasteiger partial charge in [-0.3, -0.25) is 9.78 Å². The smallest absolute Gasteiger partial charge is 0.246 e. The van der Waals surface area contributed by atoms with Crippen molar-refractivity contribution in [2.45, 2.75) is 38.6 Å². The van der Waals surface area contributed by atoms with Gasteiger partial charge in [0.15, 0.2) is 11.5 Å². The second-order valence-electron chi connectivity index (χ2n) is 8.19. The number of hydrogen-bond acceptors (Lipinski definition) is 5. The number of aromatic nitrogens is 1. The molecule has 0 bridgehead atoms. The van der Waals surface area contributed by atoms with Crippen LogP contribution in [-0.4, -0.2) is 67.1 Å². The zero-order chi connectivity index (χ0) is 22.8. The lowest BCUT2D eigenvalue weighted by Crippen LogP contribution is -2.45. The van der Waals surface area contributed by atoms with Gasteiger partial charge in [-0.15, -0.1) is 0 Å². The SMILES string of the molecule is CCCOc1ccc(/C=C/C(=O)N(C)C2CCN(CCc3ccccn3)CC2)cc1OC. The number of piperidine rings is 1. The normalized spacial score (nSPS) is 15.1. The zero-order valence-corrected chi connectivity index (χ0v) is 19.5. The summed E-state index contributed by atoms with van der Waals surface area (Å²) in [5, 5.41) is 0. The summed E-state index contributed by atoms with van der Waals surface area (Å²) in [6, 6.07) is 12.1. The second kappa shape index (κ2) is 12.2. The molecule has 1 saturated heterocycles. The molecule has 0 unspecified atom stereocenters. The molecule has 172 valence electrons. The number of nitrogens with zero attached hydrogens (tertiary/aromatic N) is 3. The van der Waals surface area contributed by atoms with E-state index in [1.54, 1.807) is 13.2 Å². The Morgan fingerprint density at radius 2 is 2.03 bits per heavy atom. The molecule has 6 nitrogen and oxygen atoms in total. The van der Waals surface area contributed by atoms with Crippen LogP contribution in [0.2, 0.25) is 0 Å². The summed E-state index contributed by atoms with van der Waals surface area (Å²) in [5.41, 5.74) is 2.05. The number of benzene rings is 1. The van der Waals surface area contributed by atoms with Gasteiger partial charge in [0.1, 0.15) is 0 Å². The number of carbonyl (C=O) groups is 1. The maximum atomic E-state index is 12.7. The first-order chi connectivity index (χ1) is 15.6. The third-order valence-electron chi connectivity index (χ3n) is 5.93. The van der Waals surface area contributed by atoms with Crippen LogP contribution < -0.4 is 9.47 Å². The number of methoxy groups -OCH3 is 1. The van der Waals surface area contributed by atoms with Crippen LogP contribution in [0.15, 0.2) is 48.7 Å². The fraction of sp³-hybridized carbons (Fsp3) is 0.462. The molecule has 0 radical (unpaired) electrons. The first-order valence-corrected chi connectivity index (χ1v) is 11.5. The van der Waals surface area contributed by atoms with Crippen LogP contribution in [0.1, 0.15) is 37.4 Å². The van der Waals surface area contributed by atoms with Crippen LogP contribution in [-0.2, 0) is 11.2 Å². The van der Waals surface area contributed by atoms with Gasteiger partial charge in [-0.2, -0.15) is 0 Å². The van der Waals surface area contributed by atoms with Crippen molar-refractivity contribution < 1.29 is 14.3 Å². The molecule has 0 saturated carbocycles. The number of ether oxygens (including phenoxy) is 2. The predicted molar refractivity (Wildman–Crippen MR) is 128 cm³/mol. The number of likely N-dealkylation sites (N-methyl/N-ethyl adjacent to an activating group) is 1. The minimum atomic E-state index is 0.0298. The Balaban J connectivity index is 1.48. The molecule has 0 atom stereocenters. The molecule has 1 aromatic carbocycles. The van der Waals surface area contributed by atoms with Crippen molar-refractivity contribution in [1.82, 2.24) is 14.8 Å². The first kappa shape index (κ1) is 23.8. The van der Waals surface area contributed by atoms with Gasteiger partial charge >= 0.3 is 0 Å². The van der Waals surface area contributed by atoms with Crippen LogP contribution >= 0.6 is 0 Å². The summed E-state index contributed by atoms with van der Waals surface area (Å²) in [7, 11) is 3.53. The van der Waals surface area contributed by atoms with Crippen LogP contribution in [0.3, 0.4) is 0 Å². The van der Waals surface area contributed by atoms with Gasteiger partial charge in [-0.05, 0) is 55.2 Å². The van der Waals surface area contributed by atoms with Gasteiger partial charge in [0.05, 0.1) is 13.7 Å². The average Bonchev–Trinajstić information content (AvgIpc) is 2.85. The molecule has 2 heterocycles. The summed E-state index contributed by atoms with van der Waals surface area (Å²) >= 11 is 0. The standard InChI is InChI=1S/C26H35N3O3/c1-4-19-32-24-10-8-21(20-25(24)31-3)9-11-26(30)28(2)23-13-17-29(18-14-23)16-12-22-7-5-6-15-27-22/h5-11,15,20,23H,4,12-14,16-19H2,1-3H3/b11-9+. The highest BCUT2D eigenvalue weighted by Gasteiger charge is 2.24. The number of carbonyl (C=O) groups excluding carboxylic acids is 1. The van der Waals surface area contributed by atoms with Crippen molar-refractivity contribution in [3.8, 4) is 11.5 Å². The predicted octanol–water partition coefficient (Wildman–Crippen LogP) is 4.06. The largest absolute Gasteiger partial charge is 0.493 e. The maximum Gasteiger partial charge on any atom is 0.246 e. The van der Waals surface area contributed by atoms with E-state index in [1.807, 2.05) is 54.6 Å². The third kappa shape index (κ3) is 6.82. The maximum absolute atomic E-state index is 12.7. The Morgan fingerprint density at radius 3 is 2.72 bits per heavy atom. The van der Waals surface area contributed by atoms with E-state index in [0.29, 0.717) is 12.4 Å². The number of pyridine rings is 1. The molecule has 0 spiro atoms. The third-order valence-corrected chi connectivity index (χ3v) is 5.93. The number of likely N-dealkylation sites (tertiary alicyclic amines) is 1. The molecule has 6 heteroatoms. The van der Waals surface area contributed by atoms with Crippen molar-refractivity contribution in [3.05, 3.63) is 59.9 Å². The lowest BCUT2D eigenvalue weighted by atomic mass is 10.0. The number of hydrogen-bond donors (Lipinski definition) is 0. The van der Waals surface area contributed by atoms with Gasteiger partial charge in [0, 0.05) is 57.1 Å². The topological polar surface area (TPSA) is 54.9 Å². The molecule has 1 aliphatic heterocycles. The molecule has 0 aliphatic carbocycles. The first-order valence-electron chi connectivity index (χ1n) is 11.5. The molecule has 1 aromatic heterocycles. The summed E-state index contributed by atoms with van der Waals surface area (Å²) < 4.78 is 11.1. The lowest BCUT2D eigenvalue weighted by Gasteiger charge is -2.36. The Morgan fingerprint density at radius 1 is 1.22 bits per heavy atom. The quantitative estimate of drug-likeness (QED) is 0.525. The van der Waals surface area contributed by atoms with Crippen molar-refractivity contribution in [1.29, 1.82) is 0 Å². The van der Waals surface area contributed by atoms with Gasteiger partial charge < -0.3 is 19.3 Å². The van der Waals surface area contributed by atoms with Crippen molar-refractivity contribution in [2.24, 2.45) is 0 Å². The monoisotopic (exact) mass is 437 g/mol. The highest BCUT2D eigenvalue weighted by molar-refractivity contribution is 5.91. The molecule has 1 aliphatic rings. The summed E-state index contributed by atoms with van der Waals surface area (Å²) in [5.74, 6) is 1.44. The van der Waals surface area contributed by atoms with Crippen LogP contribution in [0.4, 0.5) is 0 Å². The molecule has 0 N–H and O–H groups in total.